The molecule has 0 radical (unpaired) electrons. The molecule has 1 aromatic heterocycles. The number of hydrogen-bond donors (Lipinski definition) is 0. The molecule has 1 amide bonds. The maximum Gasteiger partial charge on any atom is 0.349 e. The second-order valence-electron chi connectivity index (χ2n) is 5.98. The van der Waals surface area contributed by atoms with Crippen molar-refractivity contribution in [2.24, 2.45) is 0 Å². The highest BCUT2D eigenvalue weighted by Crippen LogP contribution is 2.28. The fourth-order valence-electron chi connectivity index (χ4n) is 2.87. The topological polar surface area (TPSA) is 89.8 Å². The number of carbonyl (C=O) groups is 2. The van der Waals surface area contributed by atoms with E-state index in [1.807, 2.05) is 6.07 Å². The van der Waals surface area contributed by atoms with E-state index in [1.165, 1.54) is 12.1 Å². The second-order valence-corrected chi connectivity index (χ2v) is 7.04. The number of rotatable bonds is 5. The van der Waals surface area contributed by atoms with Gasteiger partial charge in [0, 0.05) is 24.7 Å². The van der Waals surface area contributed by atoms with Gasteiger partial charge in [-0.3, -0.25) is 14.9 Å². The standard InChI is InChI=1S/C18H18N2O5S/c21-17(19-11-5-2-6-12-19)16(13-7-3-1-4-8-13)25-18(22)14-9-10-15(26-14)20(23)24/h1,3-4,7-10,16H,2,5-6,11-12H2/t16-/m1/s1. The fraction of sp³-hybridized carbons (Fsp3) is 0.333. The van der Waals surface area contributed by atoms with E-state index in [4.69, 9.17) is 4.74 Å². The molecule has 0 unspecified atom stereocenters. The van der Waals surface area contributed by atoms with E-state index >= 15 is 0 Å². The van der Waals surface area contributed by atoms with E-state index in [0.717, 1.165) is 30.6 Å². The van der Waals surface area contributed by atoms with E-state index in [1.54, 1.807) is 29.2 Å². The van der Waals surface area contributed by atoms with Crippen LogP contribution < -0.4 is 0 Å². The highest BCUT2D eigenvalue weighted by Gasteiger charge is 2.31. The van der Waals surface area contributed by atoms with Crippen LogP contribution in [0.3, 0.4) is 0 Å². The minimum absolute atomic E-state index is 0.101. The lowest BCUT2D eigenvalue weighted by atomic mass is 10.1. The van der Waals surface area contributed by atoms with Crippen LogP contribution >= 0.6 is 11.3 Å². The summed E-state index contributed by atoms with van der Waals surface area (Å²) >= 11 is 0.735. The Morgan fingerprint density at radius 2 is 1.77 bits per heavy atom. The molecule has 26 heavy (non-hydrogen) atoms. The zero-order valence-corrected chi connectivity index (χ0v) is 14.8. The zero-order valence-electron chi connectivity index (χ0n) is 14.0. The van der Waals surface area contributed by atoms with E-state index in [2.05, 4.69) is 0 Å². The van der Waals surface area contributed by atoms with Crippen LogP contribution in [0.25, 0.3) is 0 Å². The number of esters is 1. The van der Waals surface area contributed by atoms with Crippen LogP contribution in [-0.4, -0.2) is 34.8 Å². The SMILES string of the molecule is O=C(O[C@@H](C(=O)N1CCCCC1)c1ccccc1)c1ccc([N+](=O)[O-])s1. The molecule has 1 fully saturated rings. The summed E-state index contributed by atoms with van der Waals surface area (Å²) in [6.07, 6.45) is 1.89. The van der Waals surface area contributed by atoms with Crippen molar-refractivity contribution < 1.29 is 19.2 Å². The van der Waals surface area contributed by atoms with Crippen molar-refractivity contribution in [3.05, 3.63) is 63.0 Å². The highest BCUT2D eigenvalue weighted by atomic mass is 32.1. The molecule has 3 rings (SSSR count). The predicted octanol–water partition coefficient (Wildman–Crippen LogP) is 3.57. The van der Waals surface area contributed by atoms with Gasteiger partial charge in [0.1, 0.15) is 4.88 Å². The number of benzene rings is 1. The lowest BCUT2D eigenvalue weighted by molar-refractivity contribution is -0.380. The smallest absolute Gasteiger partial charge is 0.349 e. The zero-order chi connectivity index (χ0) is 18.5. The Hall–Kier alpha value is -2.74. The number of piperidine rings is 1. The molecule has 8 heteroatoms. The summed E-state index contributed by atoms with van der Waals surface area (Å²) in [6, 6.07) is 11.4. The van der Waals surface area contributed by atoms with Gasteiger partial charge in [-0.25, -0.2) is 4.79 Å². The van der Waals surface area contributed by atoms with Crippen molar-refractivity contribution in [2.45, 2.75) is 25.4 Å². The van der Waals surface area contributed by atoms with Crippen LogP contribution in [0.5, 0.6) is 0 Å². The fourth-order valence-corrected chi connectivity index (χ4v) is 3.57. The van der Waals surface area contributed by atoms with Crippen LogP contribution in [0.2, 0.25) is 0 Å². The van der Waals surface area contributed by atoms with Crippen molar-refractivity contribution in [2.75, 3.05) is 13.1 Å². The monoisotopic (exact) mass is 374 g/mol. The first-order valence-electron chi connectivity index (χ1n) is 8.35. The van der Waals surface area contributed by atoms with Crippen LogP contribution in [0.15, 0.2) is 42.5 Å². The quantitative estimate of drug-likeness (QED) is 0.453. The van der Waals surface area contributed by atoms with Gasteiger partial charge in [0.25, 0.3) is 5.91 Å². The minimum atomic E-state index is -1.05. The Balaban J connectivity index is 1.82. The maximum atomic E-state index is 12.9. The van der Waals surface area contributed by atoms with Crippen LogP contribution in [0.4, 0.5) is 5.00 Å². The molecule has 0 aliphatic carbocycles. The molecule has 0 bridgehead atoms. The van der Waals surface area contributed by atoms with Crippen LogP contribution in [0, 0.1) is 10.1 Å². The Kier molecular flexibility index (Phi) is 5.62. The second kappa shape index (κ2) is 8.09. The Morgan fingerprint density at radius 1 is 1.08 bits per heavy atom. The molecule has 1 aromatic carbocycles. The van der Waals surface area contributed by atoms with Gasteiger partial charge in [0.2, 0.25) is 6.10 Å². The van der Waals surface area contributed by atoms with Crippen LogP contribution in [0.1, 0.15) is 40.6 Å². The van der Waals surface area contributed by atoms with Crippen molar-refractivity contribution in [3.8, 4) is 0 Å². The molecule has 136 valence electrons. The molecule has 0 saturated carbocycles. The number of amides is 1. The van der Waals surface area contributed by atoms with E-state index < -0.39 is 17.0 Å². The van der Waals surface area contributed by atoms with Gasteiger partial charge in [-0.2, -0.15) is 0 Å². The number of ether oxygens (including phenoxy) is 1. The highest BCUT2D eigenvalue weighted by molar-refractivity contribution is 7.17. The lowest BCUT2D eigenvalue weighted by Gasteiger charge is -2.30. The first-order chi connectivity index (χ1) is 12.6. The summed E-state index contributed by atoms with van der Waals surface area (Å²) in [5, 5.41) is 10.7. The molecule has 1 saturated heterocycles. The van der Waals surface area contributed by atoms with Crippen molar-refractivity contribution in [3.63, 3.8) is 0 Å². The van der Waals surface area contributed by atoms with E-state index in [-0.39, 0.29) is 15.8 Å². The molecule has 2 aromatic rings. The van der Waals surface area contributed by atoms with Crippen molar-refractivity contribution >= 4 is 28.2 Å². The summed E-state index contributed by atoms with van der Waals surface area (Å²) in [7, 11) is 0. The van der Waals surface area contributed by atoms with Gasteiger partial charge < -0.3 is 9.64 Å². The predicted molar refractivity (Wildman–Crippen MR) is 96.0 cm³/mol. The Morgan fingerprint density at radius 3 is 2.38 bits per heavy atom. The maximum absolute atomic E-state index is 12.9. The third-order valence-electron chi connectivity index (χ3n) is 4.19. The molecule has 1 atom stereocenters. The third-order valence-corrected chi connectivity index (χ3v) is 5.21. The Bertz CT molecular complexity index is 799. The van der Waals surface area contributed by atoms with E-state index in [0.29, 0.717) is 18.7 Å². The van der Waals surface area contributed by atoms with Gasteiger partial charge in [0.05, 0.1) is 4.92 Å². The summed E-state index contributed by atoms with van der Waals surface area (Å²) in [5.41, 5.74) is 0.586. The average Bonchev–Trinajstić information content (AvgIpc) is 3.17. The molecule has 1 aliphatic heterocycles. The lowest BCUT2D eigenvalue weighted by Crippen LogP contribution is -2.40. The molecule has 0 spiro atoms. The summed E-state index contributed by atoms with van der Waals surface area (Å²) in [5.74, 6) is -0.988. The molecule has 1 aliphatic rings. The van der Waals surface area contributed by atoms with Crippen LogP contribution in [-0.2, 0) is 9.53 Å². The van der Waals surface area contributed by atoms with Gasteiger partial charge in [-0.15, -0.1) is 0 Å². The number of nitro groups is 1. The molecule has 7 nitrogen and oxygen atoms in total. The Labute approximate surface area is 154 Å². The first kappa shape index (κ1) is 18.1. The number of nitrogens with zero attached hydrogens (tertiary/aromatic N) is 2. The average molecular weight is 374 g/mol. The number of thiophene rings is 1. The number of likely N-dealkylation sites (tertiary alicyclic amines) is 1. The molecular weight excluding hydrogens is 356 g/mol. The van der Waals surface area contributed by atoms with Gasteiger partial charge in [-0.05, 0) is 25.3 Å². The summed E-state index contributed by atoms with van der Waals surface area (Å²) in [4.78, 5) is 37.4. The molecule has 0 N–H and O–H groups in total. The summed E-state index contributed by atoms with van der Waals surface area (Å²) < 4.78 is 5.49. The summed E-state index contributed by atoms with van der Waals surface area (Å²) in [6.45, 7) is 1.29. The number of carbonyl (C=O) groups excluding carboxylic acids is 2. The van der Waals surface area contributed by atoms with Gasteiger partial charge in [-0.1, -0.05) is 41.7 Å². The molecule has 2 heterocycles. The number of hydrogen-bond acceptors (Lipinski definition) is 6. The largest absolute Gasteiger partial charge is 0.443 e. The van der Waals surface area contributed by atoms with E-state index in [9.17, 15) is 19.7 Å². The third kappa shape index (κ3) is 4.08. The minimum Gasteiger partial charge on any atom is -0.443 e. The van der Waals surface area contributed by atoms with Gasteiger partial charge in [0.15, 0.2) is 0 Å². The normalized spacial score (nSPS) is 15.3. The first-order valence-corrected chi connectivity index (χ1v) is 9.17. The van der Waals surface area contributed by atoms with Crippen molar-refractivity contribution in [1.82, 2.24) is 4.90 Å². The van der Waals surface area contributed by atoms with Crippen molar-refractivity contribution in [1.29, 1.82) is 0 Å². The van der Waals surface area contributed by atoms with Gasteiger partial charge >= 0.3 is 11.0 Å². The molecular formula is C18H18N2O5S.